The second-order valence-corrected chi connectivity index (χ2v) is 3.48. The van der Waals surface area contributed by atoms with E-state index in [1.165, 1.54) is 0 Å². The maximum atomic E-state index is 8.57. The van der Waals surface area contributed by atoms with Crippen molar-refractivity contribution in [2.75, 3.05) is 32.6 Å². The third kappa shape index (κ3) is 9.87. The average Bonchev–Trinajstić information content (AvgIpc) is 2.13. The van der Waals surface area contributed by atoms with Crippen molar-refractivity contribution in [1.29, 1.82) is 0 Å². The van der Waals surface area contributed by atoms with E-state index < -0.39 is 0 Å². The third-order valence-electron chi connectivity index (χ3n) is 1.87. The third-order valence-corrected chi connectivity index (χ3v) is 2.05. The summed E-state index contributed by atoms with van der Waals surface area (Å²) in [5.74, 6) is 0.596. The predicted octanol–water partition coefficient (Wildman–Crippen LogP) is 1.88. The van der Waals surface area contributed by atoms with E-state index in [-0.39, 0.29) is 0 Å². The Balaban J connectivity index is 3.19. The van der Waals surface area contributed by atoms with Crippen molar-refractivity contribution in [3.8, 4) is 0 Å². The first kappa shape index (κ1) is 12.9. The molecule has 13 heavy (non-hydrogen) atoms. The highest BCUT2D eigenvalue weighted by atomic mass is 35.5. The van der Waals surface area contributed by atoms with Crippen LogP contribution >= 0.6 is 11.6 Å². The van der Waals surface area contributed by atoms with Crippen molar-refractivity contribution in [2.24, 2.45) is 0 Å². The van der Waals surface area contributed by atoms with Crippen LogP contribution in [-0.4, -0.2) is 42.6 Å². The summed E-state index contributed by atoms with van der Waals surface area (Å²) in [6.45, 7) is 2.37. The molecule has 0 aliphatic rings. The van der Waals surface area contributed by atoms with Crippen molar-refractivity contribution in [3.05, 3.63) is 12.2 Å². The number of likely N-dealkylation sites (N-methyl/N-ethyl adjacent to an activating group) is 1. The van der Waals surface area contributed by atoms with E-state index in [9.17, 15) is 0 Å². The monoisotopic (exact) mass is 205 g/mol. The van der Waals surface area contributed by atoms with Crippen LogP contribution in [0.15, 0.2) is 12.2 Å². The normalized spacial score (nSPS) is 11.7. The molecule has 0 fully saturated rings. The lowest BCUT2D eigenvalue weighted by atomic mass is 10.2. The summed E-state index contributed by atoms with van der Waals surface area (Å²) in [5.41, 5.74) is 0. The second kappa shape index (κ2) is 10.0. The van der Waals surface area contributed by atoms with E-state index in [4.69, 9.17) is 16.7 Å². The number of alkyl halides is 1. The molecule has 0 aromatic heterocycles. The van der Waals surface area contributed by atoms with Gasteiger partial charge >= 0.3 is 0 Å². The molecule has 0 aromatic carbocycles. The van der Waals surface area contributed by atoms with Gasteiger partial charge in [-0.15, -0.1) is 11.6 Å². The Kier molecular flexibility index (Phi) is 10.00. The van der Waals surface area contributed by atoms with E-state index >= 15 is 0 Å². The maximum absolute atomic E-state index is 8.57. The Morgan fingerprint density at radius 1 is 1.23 bits per heavy atom. The number of rotatable bonds is 8. The van der Waals surface area contributed by atoms with E-state index in [0.717, 1.165) is 32.4 Å². The molecule has 0 amide bonds. The Labute approximate surface area is 86.2 Å². The molecule has 0 aromatic rings. The highest BCUT2D eigenvalue weighted by Gasteiger charge is 1.94. The van der Waals surface area contributed by atoms with Gasteiger partial charge in [0, 0.05) is 19.0 Å². The standard InChI is InChI=1S/C10H20ClNO/c1-12(9-5-3-7-11)8-4-2-6-10-13/h3,5,13H,2,4,6-10H2,1H3/b5-3+. The van der Waals surface area contributed by atoms with E-state index in [1.807, 2.05) is 6.08 Å². The highest BCUT2D eigenvalue weighted by Crippen LogP contribution is 1.96. The number of halogens is 1. The van der Waals surface area contributed by atoms with Crippen molar-refractivity contribution in [3.63, 3.8) is 0 Å². The number of nitrogens with zero attached hydrogens (tertiary/aromatic N) is 1. The van der Waals surface area contributed by atoms with Gasteiger partial charge in [0.1, 0.15) is 0 Å². The van der Waals surface area contributed by atoms with Crippen LogP contribution in [0.3, 0.4) is 0 Å². The predicted molar refractivity (Wildman–Crippen MR) is 58.3 cm³/mol. The van der Waals surface area contributed by atoms with E-state index in [2.05, 4.69) is 18.0 Å². The summed E-state index contributed by atoms with van der Waals surface area (Å²) in [5, 5.41) is 8.57. The topological polar surface area (TPSA) is 23.5 Å². The summed E-state index contributed by atoms with van der Waals surface area (Å²) in [6.07, 6.45) is 7.24. The summed E-state index contributed by atoms with van der Waals surface area (Å²) < 4.78 is 0. The van der Waals surface area contributed by atoms with Crippen LogP contribution in [0.4, 0.5) is 0 Å². The Bertz CT molecular complexity index is 128. The van der Waals surface area contributed by atoms with E-state index in [0.29, 0.717) is 12.5 Å². The molecule has 0 aliphatic heterocycles. The fourth-order valence-corrected chi connectivity index (χ4v) is 1.21. The SMILES string of the molecule is CN(C/C=C/CCl)CCCCCO. The Morgan fingerprint density at radius 2 is 2.00 bits per heavy atom. The molecule has 0 atom stereocenters. The summed E-state index contributed by atoms with van der Waals surface area (Å²) in [6, 6.07) is 0. The molecule has 0 aliphatic carbocycles. The van der Waals surface area contributed by atoms with Crippen LogP contribution in [0.2, 0.25) is 0 Å². The Morgan fingerprint density at radius 3 is 2.62 bits per heavy atom. The minimum atomic E-state index is 0.315. The fourth-order valence-electron chi connectivity index (χ4n) is 1.08. The molecule has 0 saturated carbocycles. The molecular weight excluding hydrogens is 186 g/mol. The number of allylic oxidation sites excluding steroid dienone is 1. The van der Waals surface area contributed by atoms with Gasteiger partial charge in [0.15, 0.2) is 0 Å². The minimum absolute atomic E-state index is 0.315. The molecule has 0 radical (unpaired) electrons. The second-order valence-electron chi connectivity index (χ2n) is 3.17. The quantitative estimate of drug-likeness (QED) is 0.372. The van der Waals surface area contributed by atoms with E-state index in [1.54, 1.807) is 0 Å². The molecule has 78 valence electrons. The van der Waals surface area contributed by atoms with Gasteiger partial charge < -0.3 is 10.0 Å². The first-order chi connectivity index (χ1) is 6.31. The highest BCUT2D eigenvalue weighted by molar-refractivity contribution is 6.18. The van der Waals surface area contributed by atoms with Crippen molar-refractivity contribution in [2.45, 2.75) is 19.3 Å². The molecule has 2 nitrogen and oxygen atoms in total. The Hall–Kier alpha value is -0.0500. The number of hydrogen-bond acceptors (Lipinski definition) is 2. The van der Waals surface area contributed by atoms with Crippen molar-refractivity contribution < 1.29 is 5.11 Å². The lowest BCUT2D eigenvalue weighted by molar-refractivity contribution is 0.276. The summed E-state index contributed by atoms with van der Waals surface area (Å²) in [4.78, 5) is 2.25. The lowest BCUT2D eigenvalue weighted by Crippen LogP contribution is -2.19. The summed E-state index contributed by atoms with van der Waals surface area (Å²) in [7, 11) is 2.09. The first-order valence-corrected chi connectivity index (χ1v) is 5.35. The maximum Gasteiger partial charge on any atom is 0.0431 e. The zero-order chi connectivity index (χ0) is 9.94. The first-order valence-electron chi connectivity index (χ1n) is 4.81. The molecule has 3 heteroatoms. The van der Waals surface area contributed by atoms with Gasteiger partial charge in [-0.05, 0) is 32.9 Å². The van der Waals surface area contributed by atoms with Crippen LogP contribution in [0.1, 0.15) is 19.3 Å². The largest absolute Gasteiger partial charge is 0.396 e. The van der Waals surface area contributed by atoms with Gasteiger partial charge in [0.2, 0.25) is 0 Å². The number of unbranched alkanes of at least 4 members (excludes halogenated alkanes) is 2. The molecule has 0 rings (SSSR count). The summed E-state index contributed by atoms with van der Waals surface area (Å²) >= 11 is 5.50. The van der Waals surface area contributed by atoms with Gasteiger partial charge in [-0.2, -0.15) is 0 Å². The molecule has 0 spiro atoms. The number of hydrogen-bond donors (Lipinski definition) is 1. The smallest absolute Gasteiger partial charge is 0.0431 e. The van der Waals surface area contributed by atoms with Crippen LogP contribution in [0, 0.1) is 0 Å². The van der Waals surface area contributed by atoms with Gasteiger partial charge in [-0.1, -0.05) is 12.2 Å². The lowest BCUT2D eigenvalue weighted by Gasteiger charge is -2.13. The molecular formula is C10H20ClNO. The van der Waals surface area contributed by atoms with Crippen LogP contribution < -0.4 is 0 Å². The van der Waals surface area contributed by atoms with Crippen molar-refractivity contribution in [1.82, 2.24) is 4.90 Å². The number of aliphatic hydroxyl groups excluding tert-OH is 1. The average molecular weight is 206 g/mol. The molecule has 0 saturated heterocycles. The zero-order valence-electron chi connectivity index (χ0n) is 8.38. The minimum Gasteiger partial charge on any atom is -0.396 e. The molecule has 0 heterocycles. The number of aliphatic hydroxyl groups is 1. The molecule has 0 unspecified atom stereocenters. The van der Waals surface area contributed by atoms with Crippen molar-refractivity contribution >= 4 is 11.6 Å². The van der Waals surface area contributed by atoms with Gasteiger partial charge in [0.25, 0.3) is 0 Å². The van der Waals surface area contributed by atoms with Gasteiger partial charge in [0.05, 0.1) is 0 Å². The molecule has 0 bridgehead atoms. The molecule has 1 N–H and O–H groups in total. The zero-order valence-corrected chi connectivity index (χ0v) is 9.13. The van der Waals surface area contributed by atoms with Crippen LogP contribution in [0.25, 0.3) is 0 Å². The van der Waals surface area contributed by atoms with Gasteiger partial charge in [-0.3, -0.25) is 0 Å². The van der Waals surface area contributed by atoms with Crippen LogP contribution in [-0.2, 0) is 0 Å². The van der Waals surface area contributed by atoms with Gasteiger partial charge in [-0.25, -0.2) is 0 Å². The fraction of sp³-hybridized carbons (Fsp3) is 0.800. The van der Waals surface area contributed by atoms with Crippen LogP contribution in [0.5, 0.6) is 0 Å².